The first-order valence-corrected chi connectivity index (χ1v) is 12.6. The molecule has 0 heterocycles. The summed E-state index contributed by atoms with van der Waals surface area (Å²) in [5, 5.41) is 30.1. The molecule has 170 valence electrons. The first-order chi connectivity index (χ1) is 14.1. The van der Waals surface area contributed by atoms with Crippen LogP contribution in [0.1, 0.15) is 104 Å². The Labute approximate surface area is 183 Å². The minimum Gasteiger partial charge on any atom is -0.393 e. The number of aliphatic hydroxyl groups is 3. The van der Waals surface area contributed by atoms with Crippen LogP contribution in [0.4, 0.5) is 0 Å². The molecule has 4 rings (SSSR count). The highest BCUT2D eigenvalue weighted by Gasteiger charge is 2.60. The lowest BCUT2D eigenvalue weighted by molar-refractivity contribution is 0.0520. The molecule has 0 aromatic rings. The third kappa shape index (κ3) is 4.74. The van der Waals surface area contributed by atoms with Crippen LogP contribution in [0.2, 0.25) is 0 Å². The first kappa shape index (κ1) is 22.6. The minimum absolute atomic E-state index is 0.385. The van der Waals surface area contributed by atoms with E-state index in [2.05, 4.69) is 19.1 Å². The second kappa shape index (κ2) is 8.37. The molecule has 3 nitrogen and oxygen atoms in total. The molecule has 0 bridgehead atoms. The molecule has 5 atom stereocenters. The molecule has 4 aliphatic rings. The van der Waals surface area contributed by atoms with Gasteiger partial charge >= 0.3 is 0 Å². The summed E-state index contributed by atoms with van der Waals surface area (Å²) < 4.78 is 0. The Hall–Kier alpha value is -0.640. The Morgan fingerprint density at radius 1 is 1.03 bits per heavy atom. The summed E-state index contributed by atoms with van der Waals surface area (Å²) in [5.41, 5.74) is 3.28. The van der Waals surface area contributed by atoms with Crippen LogP contribution in [0, 0.1) is 22.7 Å². The Bertz CT molecular complexity index is 669. The van der Waals surface area contributed by atoms with Gasteiger partial charge in [0, 0.05) is 0 Å². The zero-order valence-corrected chi connectivity index (χ0v) is 19.5. The highest BCUT2D eigenvalue weighted by atomic mass is 16.3. The van der Waals surface area contributed by atoms with Gasteiger partial charge in [-0.2, -0.15) is 0 Å². The monoisotopic (exact) mass is 416 g/mol. The molecule has 30 heavy (non-hydrogen) atoms. The van der Waals surface area contributed by atoms with Crippen molar-refractivity contribution in [3.63, 3.8) is 0 Å². The van der Waals surface area contributed by atoms with E-state index >= 15 is 0 Å². The quantitative estimate of drug-likeness (QED) is 0.522. The number of hydrogen-bond donors (Lipinski definition) is 3. The van der Waals surface area contributed by atoms with Gasteiger partial charge in [0.1, 0.15) is 0 Å². The summed E-state index contributed by atoms with van der Waals surface area (Å²) >= 11 is 0. The number of fused-ring (bicyclic) bond motifs is 1. The lowest BCUT2D eigenvalue weighted by atomic mass is 9.59. The molecule has 0 aliphatic heterocycles. The predicted molar refractivity (Wildman–Crippen MR) is 122 cm³/mol. The maximum absolute atomic E-state index is 10.1. The first-order valence-electron chi connectivity index (χ1n) is 12.6. The summed E-state index contributed by atoms with van der Waals surface area (Å²) in [6.45, 7) is 6.46. The molecular formula is C27H44O3. The van der Waals surface area contributed by atoms with Gasteiger partial charge in [0.05, 0.1) is 17.8 Å². The zero-order valence-electron chi connectivity index (χ0n) is 19.5. The van der Waals surface area contributed by atoms with Crippen molar-refractivity contribution in [3.8, 4) is 0 Å². The van der Waals surface area contributed by atoms with Crippen molar-refractivity contribution >= 4 is 0 Å². The van der Waals surface area contributed by atoms with Crippen LogP contribution in [-0.2, 0) is 0 Å². The predicted octanol–water partition coefficient (Wildman–Crippen LogP) is 5.68. The van der Waals surface area contributed by atoms with Gasteiger partial charge in [0.2, 0.25) is 0 Å². The van der Waals surface area contributed by atoms with Crippen molar-refractivity contribution in [2.24, 2.45) is 22.7 Å². The molecule has 3 N–H and O–H groups in total. The Balaban J connectivity index is 1.46. The van der Waals surface area contributed by atoms with Gasteiger partial charge in [-0.05, 0) is 114 Å². The smallest absolute Gasteiger partial charge is 0.0602 e. The molecule has 0 aromatic carbocycles. The third-order valence-corrected chi connectivity index (χ3v) is 9.13. The SMILES string of the molecule is CC(C)(O)CCCC1(C2CCC3/C(=C/C=C4CC(O)C[C@H](O)C4)CCC[C@@]32C)CC1. The van der Waals surface area contributed by atoms with E-state index < -0.39 is 5.60 Å². The second-order valence-corrected chi connectivity index (χ2v) is 12.1. The second-order valence-electron chi connectivity index (χ2n) is 12.1. The summed E-state index contributed by atoms with van der Waals surface area (Å²) in [6, 6.07) is 0. The summed E-state index contributed by atoms with van der Waals surface area (Å²) in [7, 11) is 0. The topological polar surface area (TPSA) is 60.7 Å². The fourth-order valence-electron chi connectivity index (χ4n) is 7.58. The minimum atomic E-state index is -0.535. The summed E-state index contributed by atoms with van der Waals surface area (Å²) in [5.74, 6) is 1.55. The van der Waals surface area contributed by atoms with Crippen LogP contribution >= 0.6 is 0 Å². The van der Waals surface area contributed by atoms with E-state index in [1.54, 1.807) is 5.57 Å². The van der Waals surface area contributed by atoms with Gasteiger partial charge in [-0.25, -0.2) is 0 Å². The van der Waals surface area contributed by atoms with Crippen LogP contribution in [0.15, 0.2) is 23.3 Å². The average molecular weight is 417 g/mol. The third-order valence-electron chi connectivity index (χ3n) is 9.13. The van der Waals surface area contributed by atoms with Crippen LogP contribution in [0.3, 0.4) is 0 Å². The van der Waals surface area contributed by atoms with Crippen molar-refractivity contribution in [2.75, 3.05) is 0 Å². The van der Waals surface area contributed by atoms with Crippen LogP contribution in [0.25, 0.3) is 0 Å². The maximum atomic E-state index is 10.1. The molecule has 4 fully saturated rings. The molecule has 0 amide bonds. The molecule has 3 heteroatoms. The van der Waals surface area contributed by atoms with E-state index in [9.17, 15) is 15.3 Å². The van der Waals surface area contributed by atoms with Crippen molar-refractivity contribution in [1.29, 1.82) is 0 Å². The lowest BCUT2D eigenvalue weighted by Gasteiger charge is -2.45. The molecule has 0 aromatic heterocycles. The molecule has 4 aliphatic carbocycles. The Kier molecular flexibility index (Phi) is 6.29. The largest absolute Gasteiger partial charge is 0.393 e. The molecular weight excluding hydrogens is 372 g/mol. The van der Waals surface area contributed by atoms with Gasteiger partial charge in [0.15, 0.2) is 0 Å². The number of aliphatic hydroxyl groups excluding tert-OH is 2. The maximum Gasteiger partial charge on any atom is 0.0602 e. The fourth-order valence-corrected chi connectivity index (χ4v) is 7.58. The van der Waals surface area contributed by atoms with Crippen LogP contribution in [0.5, 0.6) is 0 Å². The molecule has 0 saturated heterocycles. The van der Waals surface area contributed by atoms with E-state index in [1.165, 1.54) is 56.9 Å². The number of rotatable bonds is 6. The van der Waals surface area contributed by atoms with Crippen LogP contribution < -0.4 is 0 Å². The van der Waals surface area contributed by atoms with E-state index in [4.69, 9.17) is 0 Å². The average Bonchev–Trinajstić information content (AvgIpc) is 3.31. The highest BCUT2D eigenvalue weighted by Crippen LogP contribution is 2.70. The summed E-state index contributed by atoms with van der Waals surface area (Å²) in [6.07, 6.45) is 18.5. The Morgan fingerprint density at radius 2 is 1.73 bits per heavy atom. The van der Waals surface area contributed by atoms with Crippen molar-refractivity contribution < 1.29 is 15.3 Å². The van der Waals surface area contributed by atoms with Gasteiger partial charge in [0.25, 0.3) is 0 Å². The highest BCUT2D eigenvalue weighted by molar-refractivity contribution is 5.27. The molecule has 3 unspecified atom stereocenters. The normalized spacial score (nSPS) is 41.3. The van der Waals surface area contributed by atoms with Gasteiger partial charge < -0.3 is 15.3 Å². The van der Waals surface area contributed by atoms with Crippen LogP contribution in [-0.4, -0.2) is 33.1 Å². The van der Waals surface area contributed by atoms with Gasteiger partial charge in [-0.3, -0.25) is 0 Å². The molecule has 0 spiro atoms. The standard InChI is InChI=1S/C27H44O3/c1-25(2,30)11-5-13-27(14-15-27)24-10-9-23-20(6-4-12-26(23,24)3)8-7-19-16-21(28)18-22(29)17-19/h7-8,21-24,28-30H,4-6,9-18H2,1-3H3/b19-7?,20-8+/t21-,22?,23?,24?,26+/m1/s1. The number of allylic oxidation sites excluding steroid dienone is 3. The van der Waals surface area contributed by atoms with Gasteiger partial charge in [-0.15, -0.1) is 0 Å². The van der Waals surface area contributed by atoms with E-state index in [1.807, 2.05) is 13.8 Å². The lowest BCUT2D eigenvalue weighted by Crippen LogP contribution is -2.37. The fraction of sp³-hybridized carbons (Fsp3) is 0.852. The van der Waals surface area contributed by atoms with Crippen molar-refractivity contribution in [1.82, 2.24) is 0 Å². The Morgan fingerprint density at radius 3 is 2.37 bits per heavy atom. The van der Waals surface area contributed by atoms with Gasteiger partial charge in [-0.1, -0.05) is 36.6 Å². The van der Waals surface area contributed by atoms with E-state index in [0.717, 1.165) is 31.6 Å². The van der Waals surface area contributed by atoms with E-state index in [0.29, 0.717) is 23.2 Å². The summed E-state index contributed by atoms with van der Waals surface area (Å²) in [4.78, 5) is 0. The number of hydrogen-bond acceptors (Lipinski definition) is 3. The van der Waals surface area contributed by atoms with Crippen molar-refractivity contribution in [3.05, 3.63) is 23.3 Å². The molecule has 0 radical (unpaired) electrons. The van der Waals surface area contributed by atoms with E-state index in [-0.39, 0.29) is 12.2 Å². The van der Waals surface area contributed by atoms with Crippen molar-refractivity contribution in [2.45, 2.75) is 122 Å². The zero-order chi connectivity index (χ0) is 21.6. The molecule has 4 saturated carbocycles.